The van der Waals surface area contributed by atoms with E-state index in [1.165, 1.54) is 7.05 Å². The largest absolute Gasteiger partial charge is 0.496 e. The van der Waals surface area contributed by atoms with Crippen LogP contribution in [0.1, 0.15) is 18.1 Å². The van der Waals surface area contributed by atoms with Crippen molar-refractivity contribution in [2.24, 2.45) is 4.99 Å². The van der Waals surface area contributed by atoms with Crippen molar-refractivity contribution in [2.45, 2.75) is 24.8 Å². The van der Waals surface area contributed by atoms with Crippen LogP contribution >= 0.6 is 24.0 Å². The van der Waals surface area contributed by atoms with E-state index in [0.29, 0.717) is 19.0 Å². The SMILES string of the molecule is CCNC(=NCc1cccc(S(=O)(=O)NC)c1)NCCc1ccccc1OC.I. The summed E-state index contributed by atoms with van der Waals surface area (Å²) in [5, 5.41) is 6.50. The van der Waals surface area contributed by atoms with E-state index in [-0.39, 0.29) is 28.9 Å². The van der Waals surface area contributed by atoms with E-state index in [2.05, 4.69) is 20.3 Å². The van der Waals surface area contributed by atoms with Crippen LogP contribution in [-0.4, -0.2) is 41.6 Å². The van der Waals surface area contributed by atoms with Gasteiger partial charge in [-0.1, -0.05) is 30.3 Å². The van der Waals surface area contributed by atoms with Gasteiger partial charge >= 0.3 is 0 Å². The Labute approximate surface area is 190 Å². The Hall–Kier alpha value is -1.85. The Kier molecular flexibility index (Phi) is 11.0. The third-order valence-electron chi connectivity index (χ3n) is 4.12. The van der Waals surface area contributed by atoms with Crippen molar-refractivity contribution in [1.82, 2.24) is 15.4 Å². The van der Waals surface area contributed by atoms with Gasteiger partial charge in [-0.3, -0.25) is 0 Å². The summed E-state index contributed by atoms with van der Waals surface area (Å²) in [5.74, 6) is 1.55. The van der Waals surface area contributed by atoms with Crippen LogP contribution in [0.4, 0.5) is 0 Å². The lowest BCUT2D eigenvalue weighted by Crippen LogP contribution is -2.38. The maximum Gasteiger partial charge on any atom is 0.240 e. The quantitative estimate of drug-likeness (QED) is 0.262. The molecule has 2 aromatic rings. The number of hydrogen-bond donors (Lipinski definition) is 3. The predicted molar refractivity (Wildman–Crippen MR) is 128 cm³/mol. The Morgan fingerprint density at radius 3 is 2.55 bits per heavy atom. The third-order valence-corrected chi connectivity index (χ3v) is 5.53. The number of nitrogens with zero attached hydrogens (tertiary/aromatic N) is 1. The van der Waals surface area contributed by atoms with Crippen LogP contribution in [0.15, 0.2) is 58.4 Å². The molecule has 0 aliphatic heterocycles. The van der Waals surface area contributed by atoms with Crippen molar-refractivity contribution in [3.63, 3.8) is 0 Å². The summed E-state index contributed by atoms with van der Waals surface area (Å²) in [7, 11) is -0.398. The maximum atomic E-state index is 11.9. The normalized spacial score (nSPS) is 11.5. The summed E-state index contributed by atoms with van der Waals surface area (Å²) < 4.78 is 31.6. The average Bonchev–Trinajstić information content (AvgIpc) is 2.72. The fraction of sp³-hybridized carbons (Fsp3) is 0.350. The molecule has 9 heteroatoms. The fourth-order valence-electron chi connectivity index (χ4n) is 2.67. The molecule has 0 aliphatic carbocycles. The van der Waals surface area contributed by atoms with Crippen molar-refractivity contribution in [2.75, 3.05) is 27.2 Å². The third kappa shape index (κ3) is 7.82. The molecule has 0 saturated carbocycles. The number of halogens is 1. The summed E-state index contributed by atoms with van der Waals surface area (Å²) in [6.45, 7) is 3.80. The minimum Gasteiger partial charge on any atom is -0.496 e. The number of hydrogen-bond acceptors (Lipinski definition) is 4. The van der Waals surface area contributed by atoms with Crippen molar-refractivity contribution in [3.8, 4) is 5.75 Å². The molecule has 0 fully saturated rings. The van der Waals surface area contributed by atoms with Gasteiger partial charge in [-0.05, 0) is 49.7 Å². The smallest absolute Gasteiger partial charge is 0.240 e. The molecule has 0 saturated heterocycles. The molecular weight excluding hydrogens is 503 g/mol. The molecule has 0 bridgehead atoms. The first-order valence-corrected chi connectivity index (χ1v) is 10.6. The number of guanidine groups is 1. The van der Waals surface area contributed by atoms with Gasteiger partial charge in [0.05, 0.1) is 18.6 Å². The topological polar surface area (TPSA) is 91.8 Å². The second-order valence-corrected chi connectivity index (χ2v) is 7.93. The van der Waals surface area contributed by atoms with Crippen molar-refractivity contribution in [3.05, 3.63) is 59.7 Å². The van der Waals surface area contributed by atoms with Crippen LogP contribution in [0, 0.1) is 0 Å². The van der Waals surface area contributed by atoms with E-state index in [4.69, 9.17) is 4.74 Å². The van der Waals surface area contributed by atoms with E-state index in [0.717, 1.165) is 29.8 Å². The van der Waals surface area contributed by atoms with Crippen molar-refractivity contribution < 1.29 is 13.2 Å². The van der Waals surface area contributed by atoms with Gasteiger partial charge in [-0.15, -0.1) is 24.0 Å². The minimum atomic E-state index is -3.46. The monoisotopic (exact) mass is 532 g/mol. The van der Waals surface area contributed by atoms with E-state index in [1.807, 2.05) is 37.3 Å². The lowest BCUT2D eigenvalue weighted by atomic mass is 10.1. The van der Waals surface area contributed by atoms with E-state index in [9.17, 15) is 8.42 Å². The number of nitrogens with one attached hydrogen (secondary N) is 3. The maximum absolute atomic E-state index is 11.9. The van der Waals surface area contributed by atoms with Gasteiger partial charge in [0.1, 0.15) is 5.75 Å². The molecular formula is C20H29IN4O3S. The molecule has 0 aliphatic rings. The predicted octanol–water partition coefficient (Wildman–Crippen LogP) is 2.52. The number of sulfonamides is 1. The summed E-state index contributed by atoms with van der Waals surface area (Å²) in [5.41, 5.74) is 1.94. The lowest BCUT2D eigenvalue weighted by Gasteiger charge is -2.13. The Balaban J connectivity index is 0.00000420. The molecule has 2 aromatic carbocycles. The van der Waals surface area contributed by atoms with Gasteiger partial charge in [0, 0.05) is 13.1 Å². The molecule has 0 heterocycles. The molecule has 0 spiro atoms. The zero-order valence-electron chi connectivity index (χ0n) is 16.9. The van der Waals surface area contributed by atoms with E-state index < -0.39 is 10.0 Å². The molecule has 2 rings (SSSR count). The zero-order chi connectivity index (χ0) is 20.4. The highest BCUT2D eigenvalue weighted by molar-refractivity contribution is 14.0. The Morgan fingerprint density at radius 1 is 1.10 bits per heavy atom. The molecule has 7 nitrogen and oxygen atoms in total. The van der Waals surface area contributed by atoms with Gasteiger partial charge in [0.25, 0.3) is 0 Å². The van der Waals surface area contributed by atoms with Gasteiger partial charge in [-0.25, -0.2) is 18.1 Å². The van der Waals surface area contributed by atoms with E-state index >= 15 is 0 Å². The van der Waals surface area contributed by atoms with Gasteiger partial charge in [0.2, 0.25) is 10.0 Å². The highest BCUT2D eigenvalue weighted by Gasteiger charge is 2.11. The number of para-hydroxylation sites is 1. The second kappa shape index (κ2) is 12.7. The first kappa shape index (κ1) is 25.2. The molecule has 29 heavy (non-hydrogen) atoms. The van der Waals surface area contributed by atoms with Crippen molar-refractivity contribution >= 4 is 40.0 Å². The lowest BCUT2D eigenvalue weighted by molar-refractivity contribution is 0.409. The number of benzene rings is 2. The molecule has 0 amide bonds. The average molecular weight is 532 g/mol. The van der Waals surface area contributed by atoms with Crippen LogP contribution < -0.4 is 20.1 Å². The first-order valence-electron chi connectivity index (χ1n) is 9.16. The highest BCUT2D eigenvalue weighted by atomic mass is 127. The van der Waals surface area contributed by atoms with Crippen LogP contribution in [-0.2, 0) is 23.0 Å². The Bertz CT molecular complexity index is 904. The summed E-state index contributed by atoms with van der Waals surface area (Å²) in [6, 6.07) is 14.7. The molecule has 3 N–H and O–H groups in total. The highest BCUT2D eigenvalue weighted by Crippen LogP contribution is 2.17. The zero-order valence-corrected chi connectivity index (χ0v) is 20.1. The molecule has 0 atom stereocenters. The Morgan fingerprint density at radius 2 is 1.86 bits per heavy atom. The summed E-state index contributed by atoms with van der Waals surface area (Å²) in [4.78, 5) is 4.79. The van der Waals surface area contributed by atoms with Gasteiger partial charge < -0.3 is 15.4 Å². The van der Waals surface area contributed by atoms with Crippen molar-refractivity contribution in [1.29, 1.82) is 0 Å². The van der Waals surface area contributed by atoms with E-state index in [1.54, 1.807) is 25.3 Å². The number of aliphatic imine (C=N–C) groups is 1. The minimum absolute atomic E-state index is 0. The van der Waals surface area contributed by atoms with Crippen LogP contribution in [0.2, 0.25) is 0 Å². The summed E-state index contributed by atoms with van der Waals surface area (Å²) in [6.07, 6.45) is 0.796. The molecule has 160 valence electrons. The molecule has 0 aromatic heterocycles. The molecule has 0 unspecified atom stereocenters. The number of rotatable bonds is 9. The van der Waals surface area contributed by atoms with Gasteiger partial charge in [-0.2, -0.15) is 0 Å². The first-order chi connectivity index (χ1) is 13.5. The number of ether oxygens (including phenoxy) is 1. The van der Waals surface area contributed by atoms with Crippen LogP contribution in [0.3, 0.4) is 0 Å². The summed E-state index contributed by atoms with van der Waals surface area (Å²) >= 11 is 0. The second-order valence-electron chi connectivity index (χ2n) is 6.04. The van der Waals surface area contributed by atoms with Crippen LogP contribution in [0.25, 0.3) is 0 Å². The standard InChI is InChI=1S/C20H28N4O3S.HI/c1-4-22-20(23-13-12-17-9-5-6-11-19(17)27-3)24-15-16-8-7-10-18(14-16)28(25,26)21-2;/h5-11,14,21H,4,12-13,15H2,1-3H3,(H2,22,23,24);1H. The molecule has 0 radical (unpaired) electrons. The van der Waals surface area contributed by atoms with Gasteiger partial charge in [0.15, 0.2) is 5.96 Å². The van der Waals surface area contributed by atoms with Crippen LogP contribution in [0.5, 0.6) is 5.75 Å². The fourth-order valence-corrected chi connectivity index (χ4v) is 3.47. The number of methoxy groups -OCH3 is 1.